The summed E-state index contributed by atoms with van der Waals surface area (Å²) in [7, 11) is 15.5. The molecule has 10 heteroatoms. The van der Waals surface area contributed by atoms with Crippen LogP contribution >= 0.6 is 17.0 Å². The Morgan fingerprint density at radius 1 is 0.542 bits per heavy atom. The summed E-state index contributed by atoms with van der Waals surface area (Å²) in [4.78, 5) is 0. The zero-order chi connectivity index (χ0) is 34.5. The van der Waals surface area contributed by atoms with E-state index in [4.69, 9.17) is 17.0 Å². The number of halogens is 8. The van der Waals surface area contributed by atoms with E-state index in [1.54, 1.807) is 85.9 Å². The minimum absolute atomic E-state index is 0.175. The number of hydrogen-bond donors (Lipinski definition) is 0. The van der Waals surface area contributed by atoms with Gasteiger partial charge in [0.2, 0.25) is 0 Å². The summed E-state index contributed by atoms with van der Waals surface area (Å²) >= 11 is -6.45. The molecule has 4 aromatic rings. The summed E-state index contributed by atoms with van der Waals surface area (Å²) in [6, 6.07) is 27.3. The Kier molecular flexibility index (Phi) is 9.06. The van der Waals surface area contributed by atoms with Gasteiger partial charge in [-0.15, -0.1) is 0 Å². The van der Waals surface area contributed by atoms with Gasteiger partial charge >= 0.3 is 286 Å². The van der Waals surface area contributed by atoms with Crippen molar-refractivity contribution in [2.24, 2.45) is 0 Å². The molecule has 6 rings (SSSR count). The third kappa shape index (κ3) is 6.07. The van der Waals surface area contributed by atoms with Gasteiger partial charge < -0.3 is 0 Å². The van der Waals surface area contributed by atoms with Crippen LogP contribution in [-0.2, 0) is 15.6 Å². The number of allylic oxidation sites excluding steroid dienone is 2. The van der Waals surface area contributed by atoms with Gasteiger partial charge in [-0.1, -0.05) is 0 Å². The van der Waals surface area contributed by atoms with E-state index < -0.39 is 52.2 Å². The second kappa shape index (κ2) is 12.6. The van der Waals surface area contributed by atoms with Crippen LogP contribution in [0.3, 0.4) is 0 Å². The molecule has 0 bridgehead atoms. The molecule has 0 fully saturated rings. The Hall–Kier alpha value is -3.26. The SMILES string of the molecule is C[SiH](C)[Zr]([Cl])([Cl])([CH]1C(C(F)(F)F)=Cc2c(C#Cc3ccccc3)cccc21)[CH]1C(C(F)(F)F)=Cc2c(C#Cc3ccccc3)cccc21. The Bertz CT molecular complexity index is 1950. The van der Waals surface area contributed by atoms with E-state index in [9.17, 15) is 0 Å². The maximum atomic E-state index is 15.1. The number of hydrogen-bond acceptors (Lipinski definition) is 0. The molecule has 0 nitrogen and oxygen atoms in total. The molecule has 0 aromatic heterocycles. The van der Waals surface area contributed by atoms with Gasteiger partial charge in [0.25, 0.3) is 0 Å². The van der Waals surface area contributed by atoms with Gasteiger partial charge in [0.1, 0.15) is 0 Å². The van der Waals surface area contributed by atoms with Crippen LogP contribution in [0.25, 0.3) is 12.2 Å². The molecule has 2 unspecified atom stereocenters. The van der Waals surface area contributed by atoms with Crippen LogP contribution in [0.2, 0.25) is 13.1 Å². The number of alkyl halides is 6. The molecular formula is C38H27Cl2F6SiZr. The fourth-order valence-electron chi connectivity index (χ4n) is 6.86. The van der Waals surface area contributed by atoms with Crippen LogP contribution in [0.4, 0.5) is 26.3 Å². The molecule has 0 radical (unpaired) electrons. The van der Waals surface area contributed by atoms with E-state index in [1.807, 2.05) is 12.1 Å². The van der Waals surface area contributed by atoms with Crippen molar-refractivity contribution in [3.63, 3.8) is 0 Å². The minimum atomic E-state index is -6.45. The van der Waals surface area contributed by atoms with E-state index in [-0.39, 0.29) is 22.3 Å². The summed E-state index contributed by atoms with van der Waals surface area (Å²) in [6.07, 6.45) is -7.83. The Balaban J connectivity index is 1.59. The predicted octanol–water partition coefficient (Wildman–Crippen LogP) is 11.2. The summed E-state index contributed by atoms with van der Waals surface area (Å²) in [5, 5.41) is 0. The molecule has 0 aliphatic heterocycles. The van der Waals surface area contributed by atoms with Crippen molar-refractivity contribution in [1.82, 2.24) is 0 Å². The molecule has 0 amide bonds. The normalized spacial score (nSPS) is 17.9. The average Bonchev–Trinajstić information content (AvgIpc) is 3.66. The molecule has 0 heterocycles. The first-order valence-electron chi connectivity index (χ1n) is 15.2. The van der Waals surface area contributed by atoms with E-state index in [1.165, 1.54) is 12.1 Å². The fraction of sp³-hybridized carbons (Fsp3) is 0.158. The first-order valence-corrected chi connectivity index (χ1v) is 31.5. The zero-order valence-corrected chi connectivity index (χ0v) is 30.8. The van der Waals surface area contributed by atoms with E-state index in [2.05, 4.69) is 23.7 Å². The molecule has 0 N–H and O–H groups in total. The molecule has 243 valence electrons. The zero-order valence-electron chi connectivity index (χ0n) is 25.6. The van der Waals surface area contributed by atoms with Crippen molar-refractivity contribution in [3.05, 3.63) is 153 Å². The van der Waals surface area contributed by atoms with Crippen molar-refractivity contribution < 1.29 is 41.9 Å². The van der Waals surface area contributed by atoms with Crippen LogP contribution in [0.15, 0.2) is 108 Å². The standard InChI is InChI=1S/2C18H10F3.C2H7Si.2ClH.Zr/c2*19-18(20,21)16-11-15-8-4-7-14(17(15)12-16)10-9-13-5-2-1-3-6-13;1-3-2;;;/h2*1-8,11-12H;3H,1-2H3;2*1H;/q;;;;;+2/p-2. The Morgan fingerprint density at radius 2 is 0.917 bits per heavy atom. The van der Waals surface area contributed by atoms with Crippen molar-refractivity contribution in [1.29, 1.82) is 0 Å². The summed E-state index contributed by atoms with van der Waals surface area (Å²) in [6.45, 7) is 3.36. The topological polar surface area (TPSA) is 0 Å². The molecule has 4 aromatic carbocycles. The van der Waals surface area contributed by atoms with Gasteiger partial charge in [0.05, 0.1) is 0 Å². The maximum absolute atomic E-state index is 15.1. The van der Waals surface area contributed by atoms with Crippen LogP contribution in [-0.4, -0.2) is 18.3 Å². The summed E-state index contributed by atoms with van der Waals surface area (Å²) in [5.74, 6) is 9.19. The third-order valence-electron chi connectivity index (χ3n) is 9.21. The molecule has 48 heavy (non-hydrogen) atoms. The van der Waals surface area contributed by atoms with E-state index in [0.717, 1.165) is 12.2 Å². The third-order valence-corrected chi connectivity index (χ3v) is 60.8. The van der Waals surface area contributed by atoms with Crippen molar-refractivity contribution in [2.75, 3.05) is 0 Å². The fourth-order valence-corrected chi connectivity index (χ4v) is 36.9. The van der Waals surface area contributed by atoms with Crippen LogP contribution in [0.1, 0.15) is 51.8 Å². The van der Waals surface area contributed by atoms with E-state index >= 15 is 26.3 Å². The molecule has 2 aliphatic carbocycles. The Morgan fingerprint density at radius 3 is 1.25 bits per heavy atom. The first kappa shape index (κ1) is 34.6. The second-order valence-electron chi connectivity index (χ2n) is 12.3. The quantitative estimate of drug-likeness (QED) is 0.110. The van der Waals surface area contributed by atoms with Crippen molar-refractivity contribution >= 4 is 35.1 Å². The average molecular weight is 788 g/mol. The second-order valence-corrected chi connectivity index (χ2v) is 54.8. The van der Waals surface area contributed by atoms with Crippen LogP contribution < -0.4 is 0 Å². The molecule has 2 aliphatic rings. The van der Waals surface area contributed by atoms with Gasteiger partial charge in [-0.25, -0.2) is 0 Å². The van der Waals surface area contributed by atoms with Crippen LogP contribution in [0, 0.1) is 23.7 Å². The van der Waals surface area contributed by atoms with Gasteiger partial charge in [0, 0.05) is 0 Å². The molecular weight excluding hydrogens is 761 g/mol. The van der Waals surface area contributed by atoms with E-state index in [0.29, 0.717) is 22.3 Å². The van der Waals surface area contributed by atoms with Crippen molar-refractivity contribution in [3.8, 4) is 23.7 Å². The predicted molar refractivity (Wildman–Crippen MR) is 182 cm³/mol. The number of fused-ring (bicyclic) bond motifs is 2. The van der Waals surface area contributed by atoms with Gasteiger partial charge in [-0.3, -0.25) is 0 Å². The van der Waals surface area contributed by atoms with Gasteiger partial charge in [-0.2, -0.15) is 0 Å². The monoisotopic (exact) mass is 785 g/mol. The molecule has 0 saturated carbocycles. The number of benzene rings is 4. The molecule has 0 saturated heterocycles. The molecule has 0 spiro atoms. The summed E-state index contributed by atoms with van der Waals surface area (Å²) in [5.41, 5.74) is 0.641. The number of rotatable bonds is 3. The molecule has 2 atom stereocenters. The first-order chi connectivity index (χ1) is 22.6. The Labute approximate surface area is 284 Å². The van der Waals surface area contributed by atoms with Crippen molar-refractivity contribution in [2.45, 2.75) is 32.7 Å². The van der Waals surface area contributed by atoms with Gasteiger partial charge in [-0.05, 0) is 0 Å². The van der Waals surface area contributed by atoms with Gasteiger partial charge in [0.15, 0.2) is 0 Å². The summed E-state index contributed by atoms with van der Waals surface area (Å²) < 4.78 is 87.5. The van der Waals surface area contributed by atoms with Crippen LogP contribution in [0.5, 0.6) is 0 Å².